The molecule has 1 heterocycles. The van der Waals surface area contributed by atoms with Crippen molar-refractivity contribution < 1.29 is 14.7 Å². The number of benzene rings is 1. The molecule has 1 aromatic heterocycles. The van der Waals surface area contributed by atoms with Gasteiger partial charge in [0.05, 0.1) is 17.8 Å². The molecule has 26 heavy (non-hydrogen) atoms. The van der Waals surface area contributed by atoms with Gasteiger partial charge < -0.3 is 10.4 Å². The van der Waals surface area contributed by atoms with Crippen LogP contribution in [-0.2, 0) is 4.79 Å². The van der Waals surface area contributed by atoms with E-state index in [4.69, 9.17) is 5.11 Å². The molecule has 1 aliphatic carbocycles. The number of carboxylic acids is 1. The molecule has 2 aromatic rings. The number of nitrogens with one attached hydrogen (secondary N) is 1. The van der Waals surface area contributed by atoms with Crippen molar-refractivity contribution in [2.24, 2.45) is 0 Å². The number of amides is 1. The highest BCUT2D eigenvalue weighted by Gasteiger charge is 2.35. The molecule has 7 heteroatoms. The molecule has 0 atom stereocenters. The van der Waals surface area contributed by atoms with Gasteiger partial charge in [-0.05, 0) is 19.4 Å². The lowest BCUT2D eigenvalue weighted by molar-refractivity contribution is -0.139. The molecule has 0 bridgehead atoms. The Kier molecular flexibility index (Phi) is 5.58. The Bertz CT molecular complexity index is 775. The summed E-state index contributed by atoms with van der Waals surface area (Å²) in [7, 11) is 0. The molecule has 1 fully saturated rings. The predicted molar refractivity (Wildman–Crippen MR) is 96.6 cm³/mol. The summed E-state index contributed by atoms with van der Waals surface area (Å²) in [4.78, 5) is 33.7. The van der Waals surface area contributed by atoms with E-state index >= 15 is 0 Å². The van der Waals surface area contributed by atoms with Gasteiger partial charge in [0.25, 0.3) is 5.91 Å². The van der Waals surface area contributed by atoms with Gasteiger partial charge in [-0.2, -0.15) is 0 Å². The van der Waals surface area contributed by atoms with Crippen LogP contribution in [0.4, 0.5) is 0 Å². The second-order valence-corrected chi connectivity index (χ2v) is 6.40. The quantitative estimate of drug-likeness (QED) is 0.787. The molecule has 7 nitrogen and oxygen atoms in total. The SMILES string of the molecule is CCN(CC(=O)O)C1CC(NC(=O)c2cncnc2-c2ccccc2)C1. The first-order valence-electron chi connectivity index (χ1n) is 8.70. The average molecular weight is 354 g/mol. The first-order chi connectivity index (χ1) is 12.6. The fraction of sp³-hybridized carbons (Fsp3) is 0.368. The van der Waals surface area contributed by atoms with Gasteiger partial charge >= 0.3 is 5.97 Å². The zero-order valence-corrected chi connectivity index (χ0v) is 14.6. The number of carbonyl (C=O) groups is 2. The van der Waals surface area contributed by atoms with E-state index in [0.29, 0.717) is 17.8 Å². The number of hydrogen-bond acceptors (Lipinski definition) is 5. The number of carboxylic acid groups (broad SMARTS) is 1. The Morgan fingerprint density at radius 3 is 2.65 bits per heavy atom. The molecule has 1 saturated carbocycles. The highest BCUT2D eigenvalue weighted by atomic mass is 16.4. The second-order valence-electron chi connectivity index (χ2n) is 6.40. The van der Waals surface area contributed by atoms with Crippen molar-refractivity contribution in [2.75, 3.05) is 13.1 Å². The lowest BCUT2D eigenvalue weighted by atomic mass is 9.85. The molecule has 1 amide bonds. The lowest BCUT2D eigenvalue weighted by Gasteiger charge is -2.42. The Morgan fingerprint density at radius 2 is 2.00 bits per heavy atom. The highest BCUT2D eigenvalue weighted by Crippen LogP contribution is 2.27. The van der Waals surface area contributed by atoms with Crippen LogP contribution in [0.3, 0.4) is 0 Å². The number of hydrogen-bond donors (Lipinski definition) is 2. The van der Waals surface area contributed by atoms with Crippen molar-refractivity contribution >= 4 is 11.9 Å². The Labute approximate surface area is 152 Å². The van der Waals surface area contributed by atoms with Crippen LogP contribution in [0.5, 0.6) is 0 Å². The molecular formula is C19H22N4O3. The summed E-state index contributed by atoms with van der Waals surface area (Å²) in [6, 6.07) is 9.76. The van der Waals surface area contributed by atoms with Crippen molar-refractivity contribution in [3.63, 3.8) is 0 Å². The molecular weight excluding hydrogens is 332 g/mol. The van der Waals surface area contributed by atoms with Gasteiger partial charge in [-0.3, -0.25) is 14.5 Å². The molecule has 0 aliphatic heterocycles. The summed E-state index contributed by atoms with van der Waals surface area (Å²) in [6.45, 7) is 2.66. The van der Waals surface area contributed by atoms with Crippen molar-refractivity contribution in [3.8, 4) is 11.3 Å². The van der Waals surface area contributed by atoms with E-state index < -0.39 is 5.97 Å². The first-order valence-corrected chi connectivity index (χ1v) is 8.70. The van der Waals surface area contributed by atoms with E-state index in [9.17, 15) is 9.59 Å². The smallest absolute Gasteiger partial charge is 0.317 e. The van der Waals surface area contributed by atoms with E-state index in [0.717, 1.165) is 18.4 Å². The van der Waals surface area contributed by atoms with Gasteiger partial charge in [-0.1, -0.05) is 37.3 Å². The fourth-order valence-corrected chi connectivity index (χ4v) is 3.26. The second kappa shape index (κ2) is 8.05. The van der Waals surface area contributed by atoms with Gasteiger partial charge in [0.2, 0.25) is 0 Å². The average Bonchev–Trinajstić information content (AvgIpc) is 2.63. The lowest BCUT2D eigenvalue weighted by Crippen LogP contribution is -2.54. The van der Waals surface area contributed by atoms with Gasteiger partial charge in [0.1, 0.15) is 6.33 Å². The van der Waals surface area contributed by atoms with Crippen LogP contribution in [-0.4, -0.2) is 57.0 Å². The third kappa shape index (κ3) is 4.05. The van der Waals surface area contributed by atoms with E-state index in [1.807, 2.05) is 42.2 Å². The van der Waals surface area contributed by atoms with E-state index in [2.05, 4.69) is 15.3 Å². The number of likely N-dealkylation sites (N-methyl/N-ethyl adjacent to an activating group) is 1. The van der Waals surface area contributed by atoms with Crippen molar-refractivity contribution in [2.45, 2.75) is 31.8 Å². The molecule has 0 radical (unpaired) electrons. The summed E-state index contributed by atoms with van der Waals surface area (Å²) < 4.78 is 0. The van der Waals surface area contributed by atoms with Crippen LogP contribution in [0.15, 0.2) is 42.9 Å². The molecule has 0 unspecified atom stereocenters. The number of aromatic nitrogens is 2. The summed E-state index contributed by atoms with van der Waals surface area (Å²) >= 11 is 0. The molecule has 3 rings (SSSR count). The topological polar surface area (TPSA) is 95.4 Å². The third-order valence-corrected chi connectivity index (χ3v) is 4.71. The summed E-state index contributed by atoms with van der Waals surface area (Å²) in [5.41, 5.74) is 1.92. The van der Waals surface area contributed by atoms with Crippen LogP contribution >= 0.6 is 0 Å². The summed E-state index contributed by atoms with van der Waals surface area (Å²) in [5, 5.41) is 12.0. The van der Waals surface area contributed by atoms with Crippen molar-refractivity contribution in [3.05, 3.63) is 48.4 Å². The Morgan fingerprint density at radius 1 is 1.27 bits per heavy atom. The number of carbonyl (C=O) groups excluding carboxylic acids is 1. The molecule has 0 saturated heterocycles. The first kappa shape index (κ1) is 18.0. The molecule has 1 aliphatic rings. The molecule has 1 aromatic carbocycles. The number of aliphatic carboxylic acids is 1. The Balaban J connectivity index is 1.63. The molecule has 2 N–H and O–H groups in total. The van der Waals surface area contributed by atoms with Gasteiger partial charge in [-0.15, -0.1) is 0 Å². The van der Waals surface area contributed by atoms with Crippen LogP contribution < -0.4 is 5.32 Å². The minimum absolute atomic E-state index is 0.0342. The zero-order chi connectivity index (χ0) is 18.5. The van der Waals surface area contributed by atoms with Crippen molar-refractivity contribution in [1.29, 1.82) is 0 Å². The van der Waals surface area contributed by atoms with Gasteiger partial charge in [-0.25, -0.2) is 9.97 Å². The molecule has 136 valence electrons. The maximum Gasteiger partial charge on any atom is 0.317 e. The standard InChI is InChI=1S/C19H22N4O3/c1-2-23(11-17(24)25)15-8-14(9-15)22-19(26)16-10-20-12-21-18(16)13-6-4-3-5-7-13/h3-7,10,12,14-15H,2,8-9,11H2,1H3,(H,22,26)(H,24,25). The molecule has 0 spiro atoms. The van der Waals surface area contributed by atoms with Gasteiger partial charge in [0, 0.05) is 23.8 Å². The number of rotatable bonds is 7. The maximum atomic E-state index is 12.7. The summed E-state index contributed by atoms with van der Waals surface area (Å²) in [6.07, 6.45) is 4.47. The van der Waals surface area contributed by atoms with Crippen LogP contribution in [0.2, 0.25) is 0 Å². The zero-order valence-electron chi connectivity index (χ0n) is 14.6. The van der Waals surface area contributed by atoms with Crippen LogP contribution in [0, 0.1) is 0 Å². The largest absolute Gasteiger partial charge is 0.480 e. The fourth-order valence-electron chi connectivity index (χ4n) is 3.26. The highest BCUT2D eigenvalue weighted by molar-refractivity contribution is 5.99. The van der Waals surface area contributed by atoms with Crippen LogP contribution in [0.1, 0.15) is 30.1 Å². The van der Waals surface area contributed by atoms with E-state index in [-0.39, 0.29) is 24.5 Å². The van der Waals surface area contributed by atoms with Crippen LogP contribution in [0.25, 0.3) is 11.3 Å². The summed E-state index contributed by atoms with van der Waals surface area (Å²) in [5.74, 6) is -1.03. The Hall–Kier alpha value is -2.80. The van der Waals surface area contributed by atoms with E-state index in [1.165, 1.54) is 12.5 Å². The maximum absolute atomic E-state index is 12.7. The predicted octanol–water partition coefficient (Wildman–Crippen LogP) is 1.81. The van der Waals surface area contributed by atoms with Crippen molar-refractivity contribution in [1.82, 2.24) is 20.2 Å². The normalized spacial score (nSPS) is 19.0. The third-order valence-electron chi connectivity index (χ3n) is 4.71. The van der Waals surface area contributed by atoms with Gasteiger partial charge in [0.15, 0.2) is 0 Å². The minimum atomic E-state index is -0.826. The van der Waals surface area contributed by atoms with E-state index in [1.54, 1.807) is 0 Å². The minimum Gasteiger partial charge on any atom is -0.480 e. The number of nitrogens with zero attached hydrogens (tertiary/aromatic N) is 3. The monoisotopic (exact) mass is 354 g/mol.